The lowest BCUT2D eigenvalue weighted by atomic mass is 10.0. The van der Waals surface area contributed by atoms with Gasteiger partial charge in [-0.15, -0.1) is 0 Å². The molecule has 0 aliphatic heterocycles. The second-order valence-corrected chi connectivity index (χ2v) is 7.61. The van der Waals surface area contributed by atoms with Crippen molar-refractivity contribution >= 4 is 29.6 Å². The number of nitrogens with two attached hydrogens (primary N) is 2. The zero-order valence-corrected chi connectivity index (χ0v) is 17.8. The van der Waals surface area contributed by atoms with Gasteiger partial charge < -0.3 is 42.7 Å². The van der Waals surface area contributed by atoms with E-state index in [0.717, 1.165) is 0 Å². The monoisotopic (exact) mass is 447 g/mol. The summed E-state index contributed by atoms with van der Waals surface area (Å²) in [5, 5.41) is 34.8. The van der Waals surface area contributed by atoms with Gasteiger partial charge in [-0.3, -0.25) is 19.2 Å². The van der Waals surface area contributed by atoms with Crippen LogP contribution < -0.4 is 27.4 Å². The van der Waals surface area contributed by atoms with Gasteiger partial charge in [0, 0.05) is 6.42 Å². The topological polar surface area (TPSA) is 234 Å². The Bertz CT molecular complexity index is 655. The molecule has 5 unspecified atom stereocenters. The highest BCUT2D eigenvalue weighted by atomic mass is 16.4. The number of primary amides is 1. The molecule has 0 aliphatic rings. The van der Waals surface area contributed by atoms with Gasteiger partial charge in [0.1, 0.15) is 24.2 Å². The Hall–Kier alpha value is -2.77. The summed E-state index contributed by atoms with van der Waals surface area (Å²) in [4.78, 5) is 59.2. The molecular weight excluding hydrogens is 414 g/mol. The van der Waals surface area contributed by atoms with Crippen molar-refractivity contribution in [2.24, 2.45) is 17.4 Å². The van der Waals surface area contributed by atoms with Crippen LogP contribution in [-0.4, -0.2) is 81.8 Å². The number of hydrogen-bond acceptors (Lipinski definition) is 8. The number of carbonyl (C=O) groups excluding carboxylic acids is 4. The van der Waals surface area contributed by atoms with Crippen molar-refractivity contribution in [3.63, 3.8) is 0 Å². The number of hydrogen-bond donors (Lipinski definition) is 8. The average molecular weight is 447 g/mol. The highest BCUT2D eigenvalue weighted by molar-refractivity contribution is 5.94. The van der Waals surface area contributed by atoms with Gasteiger partial charge in [-0.25, -0.2) is 4.79 Å². The van der Waals surface area contributed by atoms with Crippen LogP contribution in [0.2, 0.25) is 0 Å². The molecule has 0 saturated carbocycles. The highest BCUT2D eigenvalue weighted by Crippen LogP contribution is 2.07. The minimum absolute atomic E-state index is 0.0505. The number of aliphatic carboxylic acids is 1. The van der Waals surface area contributed by atoms with E-state index >= 15 is 0 Å². The van der Waals surface area contributed by atoms with Gasteiger partial charge in [-0.2, -0.15) is 0 Å². The van der Waals surface area contributed by atoms with Crippen molar-refractivity contribution < 1.29 is 39.3 Å². The standard InChI is InChI=1S/C18H33N5O8/c1-8(2)6-11(22-17(29)14(20)9(3)25)15(27)23-12(7-24)16(28)21-10(18(30)31)4-5-13(19)26/h8-12,14,24-25H,4-7,20H2,1-3H3,(H2,19,26)(H,21,28)(H,22,29)(H,23,27)(H,30,31). The van der Waals surface area contributed by atoms with Crippen LogP contribution in [-0.2, 0) is 24.0 Å². The van der Waals surface area contributed by atoms with Crippen molar-refractivity contribution in [1.82, 2.24) is 16.0 Å². The Kier molecular flexibility index (Phi) is 12.3. The van der Waals surface area contributed by atoms with Crippen LogP contribution in [0, 0.1) is 5.92 Å². The molecule has 0 aliphatic carbocycles. The minimum atomic E-state index is -1.51. The summed E-state index contributed by atoms with van der Waals surface area (Å²) in [5.74, 6) is -4.81. The smallest absolute Gasteiger partial charge is 0.326 e. The summed E-state index contributed by atoms with van der Waals surface area (Å²) >= 11 is 0. The van der Waals surface area contributed by atoms with E-state index < -0.39 is 66.5 Å². The first-order valence-corrected chi connectivity index (χ1v) is 9.76. The number of amides is 4. The summed E-state index contributed by atoms with van der Waals surface area (Å²) in [7, 11) is 0. The zero-order chi connectivity index (χ0) is 24.3. The van der Waals surface area contributed by atoms with Crippen LogP contribution in [0.1, 0.15) is 40.0 Å². The molecule has 0 radical (unpaired) electrons. The molecule has 0 rings (SSSR count). The molecule has 0 bridgehead atoms. The highest BCUT2D eigenvalue weighted by Gasteiger charge is 2.31. The van der Waals surface area contributed by atoms with Crippen molar-refractivity contribution in [3.05, 3.63) is 0 Å². The number of nitrogens with one attached hydrogen (secondary N) is 3. The molecule has 0 saturated heterocycles. The Balaban J connectivity index is 5.24. The lowest BCUT2D eigenvalue weighted by Gasteiger charge is -2.25. The molecule has 4 amide bonds. The molecule has 0 spiro atoms. The van der Waals surface area contributed by atoms with E-state index in [2.05, 4.69) is 16.0 Å². The molecule has 0 fully saturated rings. The normalized spacial score (nSPS) is 15.8. The predicted octanol–water partition coefficient (Wildman–Crippen LogP) is -3.46. The van der Waals surface area contributed by atoms with Gasteiger partial charge in [0.15, 0.2) is 0 Å². The van der Waals surface area contributed by atoms with Crippen LogP contribution in [0.25, 0.3) is 0 Å². The third-order valence-corrected chi connectivity index (χ3v) is 4.27. The van der Waals surface area contributed by atoms with E-state index in [1.54, 1.807) is 13.8 Å². The molecule has 31 heavy (non-hydrogen) atoms. The fourth-order valence-corrected chi connectivity index (χ4v) is 2.47. The molecule has 10 N–H and O–H groups in total. The van der Waals surface area contributed by atoms with Crippen LogP contribution in [0.15, 0.2) is 0 Å². The second-order valence-electron chi connectivity index (χ2n) is 7.61. The number of carboxylic acid groups (broad SMARTS) is 1. The molecule has 178 valence electrons. The summed E-state index contributed by atoms with van der Waals surface area (Å²) in [6, 6.07) is -5.37. The number of carboxylic acids is 1. The van der Waals surface area contributed by atoms with Crippen LogP contribution >= 0.6 is 0 Å². The van der Waals surface area contributed by atoms with E-state index in [-0.39, 0.29) is 25.2 Å². The number of aliphatic hydroxyl groups excluding tert-OH is 2. The summed E-state index contributed by atoms with van der Waals surface area (Å²) in [6.45, 7) is 4.03. The fraction of sp³-hybridized carbons (Fsp3) is 0.722. The SMILES string of the molecule is CC(C)CC(NC(=O)C(N)C(C)O)C(=O)NC(CO)C(=O)NC(CCC(N)=O)C(=O)O. The first-order valence-electron chi connectivity index (χ1n) is 9.76. The van der Waals surface area contributed by atoms with Crippen molar-refractivity contribution in [2.75, 3.05) is 6.61 Å². The lowest BCUT2D eigenvalue weighted by Crippen LogP contribution is -2.59. The Labute approximate surface area is 179 Å². The summed E-state index contributed by atoms with van der Waals surface area (Å²) in [5.41, 5.74) is 10.5. The largest absolute Gasteiger partial charge is 0.480 e. The molecule has 13 nitrogen and oxygen atoms in total. The molecule has 0 aromatic heterocycles. The van der Waals surface area contributed by atoms with Gasteiger partial charge in [0.25, 0.3) is 0 Å². The second kappa shape index (κ2) is 13.5. The number of aliphatic hydroxyl groups is 2. The third-order valence-electron chi connectivity index (χ3n) is 4.27. The maximum absolute atomic E-state index is 12.6. The Morgan fingerprint density at radius 3 is 1.77 bits per heavy atom. The molecule has 0 aromatic carbocycles. The first-order chi connectivity index (χ1) is 14.3. The first kappa shape index (κ1) is 28.2. The van der Waals surface area contributed by atoms with Gasteiger partial charge >= 0.3 is 5.97 Å². The zero-order valence-electron chi connectivity index (χ0n) is 17.8. The van der Waals surface area contributed by atoms with Crippen molar-refractivity contribution in [3.8, 4) is 0 Å². The third kappa shape index (κ3) is 10.7. The van der Waals surface area contributed by atoms with E-state index in [9.17, 15) is 34.2 Å². The Morgan fingerprint density at radius 2 is 1.35 bits per heavy atom. The van der Waals surface area contributed by atoms with Gasteiger partial charge in [0.2, 0.25) is 23.6 Å². The Morgan fingerprint density at radius 1 is 0.871 bits per heavy atom. The molecular formula is C18H33N5O8. The van der Waals surface area contributed by atoms with Crippen LogP contribution in [0.5, 0.6) is 0 Å². The maximum atomic E-state index is 12.6. The summed E-state index contributed by atoms with van der Waals surface area (Å²) in [6.07, 6.45) is -1.56. The van der Waals surface area contributed by atoms with Crippen molar-refractivity contribution in [2.45, 2.75) is 70.3 Å². The van der Waals surface area contributed by atoms with E-state index in [0.29, 0.717) is 0 Å². The van der Waals surface area contributed by atoms with E-state index in [1.165, 1.54) is 6.92 Å². The molecule has 5 atom stereocenters. The van der Waals surface area contributed by atoms with Gasteiger partial charge in [-0.1, -0.05) is 13.8 Å². The van der Waals surface area contributed by atoms with Crippen LogP contribution in [0.3, 0.4) is 0 Å². The molecule has 0 heterocycles. The maximum Gasteiger partial charge on any atom is 0.326 e. The predicted molar refractivity (Wildman–Crippen MR) is 108 cm³/mol. The average Bonchev–Trinajstić information content (AvgIpc) is 2.66. The fourth-order valence-electron chi connectivity index (χ4n) is 2.47. The minimum Gasteiger partial charge on any atom is -0.480 e. The van der Waals surface area contributed by atoms with Crippen LogP contribution in [0.4, 0.5) is 0 Å². The number of carbonyl (C=O) groups is 5. The quantitative estimate of drug-likeness (QED) is 0.132. The van der Waals surface area contributed by atoms with E-state index in [4.69, 9.17) is 16.6 Å². The van der Waals surface area contributed by atoms with E-state index in [1.807, 2.05) is 0 Å². The lowest BCUT2D eigenvalue weighted by molar-refractivity contribution is -0.143. The van der Waals surface area contributed by atoms with Gasteiger partial charge in [-0.05, 0) is 25.7 Å². The molecule has 13 heteroatoms. The van der Waals surface area contributed by atoms with Gasteiger partial charge in [0.05, 0.1) is 12.7 Å². The summed E-state index contributed by atoms with van der Waals surface area (Å²) < 4.78 is 0. The van der Waals surface area contributed by atoms with Crippen molar-refractivity contribution in [1.29, 1.82) is 0 Å². The number of rotatable bonds is 14. The molecule has 0 aromatic rings.